The number of benzene rings is 1. The number of carbonyl (C=O) groups excluding carboxylic acids is 2. The van der Waals surface area contributed by atoms with E-state index >= 15 is 0 Å². The van der Waals surface area contributed by atoms with Crippen LogP contribution in [-0.4, -0.2) is 45.8 Å². The van der Waals surface area contributed by atoms with E-state index in [1.165, 1.54) is 0 Å². The zero-order valence-corrected chi connectivity index (χ0v) is 18.9. The van der Waals surface area contributed by atoms with Gasteiger partial charge in [0, 0.05) is 23.6 Å². The summed E-state index contributed by atoms with van der Waals surface area (Å²) >= 11 is 3.56. The highest BCUT2D eigenvalue weighted by molar-refractivity contribution is 9.10. The molecule has 2 amide bonds. The van der Waals surface area contributed by atoms with Crippen LogP contribution in [0.1, 0.15) is 49.8 Å². The summed E-state index contributed by atoms with van der Waals surface area (Å²) < 4.78 is 13.9. The second-order valence-electron chi connectivity index (χ2n) is 8.12. The third-order valence-electron chi connectivity index (χ3n) is 5.77. The number of rotatable bonds is 5. The van der Waals surface area contributed by atoms with Crippen molar-refractivity contribution in [1.82, 2.24) is 20.2 Å². The number of nitrogens with zero attached hydrogens (tertiary/aromatic N) is 3. The number of piperidine rings is 1. The van der Waals surface area contributed by atoms with Gasteiger partial charge in [0.1, 0.15) is 0 Å². The molecule has 1 aliphatic rings. The van der Waals surface area contributed by atoms with Crippen molar-refractivity contribution < 1.29 is 14.0 Å². The number of nitrogens with one attached hydrogen (secondary N) is 1. The highest BCUT2D eigenvalue weighted by atomic mass is 79.9. The number of hydrogen-bond acceptors (Lipinski definition) is 4. The highest BCUT2D eigenvalue weighted by Gasteiger charge is 2.39. The predicted octanol–water partition coefficient (Wildman–Crippen LogP) is 3.71. The van der Waals surface area contributed by atoms with Gasteiger partial charge in [0.15, 0.2) is 5.82 Å². The van der Waals surface area contributed by atoms with E-state index in [0.717, 1.165) is 28.9 Å². The molecule has 8 heteroatoms. The van der Waals surface area contributed by atoms with Crippen LogP contribution in [0.25, 0.3) is 0 Å². The number of carbonyl (C=O) groups is 2. The zero-order chi connectivity index (χ0) is 21.9. The van der Waals surface area contributed by atoms with Crippen molar-refractivity contribution in [3.63, 3.8) is 0 Å². The molecule has 0 spiro atoms. The van der Waals surface area contributed by atoms with E-state index in [1.54, 1.807) is 0 Å². The number of aromatic nitrogens is 2. The summed E-state index contributed by atoms with van der Waals surface area (Å²) in [5.41, 5.74) is 0.281. The third-order valence-corrected chi connectivity index (χ3v) is 6.46. The maximum atomic E-state index is 13.4. The first kappa shape index (κ1) is 22.3. The Balaban J connectivity index is 1.69. The lowest BCUT2D eigenvalue weighted by Crippen LogP contribution is -2.55. The van der Waals surface area contributed by atoms with Crippen molar-refractivity contribution >= 4 is 27.7 Å². The monoisotopic (exact) mass is 476 g/mol. The van der Waals surface area contributed by atoms with Crippen LogP contribution >= 0.6 is 15.9 Å². The molecule has 3 rings (SSSR count). The van der Waals surface area contributed by atoms with Crippen LogP contribution < -0.4 is 5.32 Å². The summed E-state index contributed by atoms with van der Waals surface area (Å²) in [5, 5.41) is 2.96. The van der Waals surface area contributed by atoms with Gasteiger partial charge >= 0.3 is 0 Å². The Bertz CT molecular complexity index is 920. The van der Waals surface area contributed by atoms with Crippen molar-refractivity contribution in [3.05, 3.63) is 58.3 Å². The molecule has 2 atom stereocenters. The molecule has 1 fully saturated rings. The summed E-state index contributed by atoms with van der Waals surface area (Å²) in [5.74, 6) is -0.884. The summed E-state index contributed by atoms with van der Waals surface area (Å²) in [4.78, 5) is 35.2. The van der Waals surface area contributed by atoms with Gasteiger partial charge < -0.3 is 10.2 Å². The van der Waals surface area contributed by atoms with E-state index in [1.807, 2.05) is 49.9 Å². The molecule has 0 radical (unpaired) electrons. The summed E-state index contributed by atoms with van der Waals surface area (Å²) in [6, 6.07) is 7.68. The van der Waals surface area contributed by atoms with Crippen molar-refractivity contribution in [3.8, 4) is 0 Å². The standard InChI is InChI=1S/C22H26BrFN4O2/c1-4-14-13-28(21(30)22(2,3)16-7-5-6-8-17(16)23)10-9-18(14)27-20(29)19-25-11-15(24)12-26-19/h5-8,11-12,14,18H,4,9-10,13H2,1-3H3,(H,27,29). The van der Waals surface area contributed by atoms with Gasteiger partial charge in [0.2, 0.25) is 11.7 Å². The van der Waals surface area contributed by atoms with Crippen molar-refractivity contribution in [2.24, 2.45) is 5.92 Å². The van der Waals surface area contributed by atoms with Gasteiger partial charge in [0.05, 0.1) is 17.8 Å². The largest absolute Gasteiger partial charge is 0.346 e. The summed E-state index contributed by atoms with van der Waals surface area (Å²) in [6.07, 6.45) is 3.41. The molecule has 1 N–H and O–H groups in total. The Morgan fingerprint density at radius 2 is 1.93 bits per heavy atom. The van der Waals surface area contributed by atoms with E-state index in [2.05, 4.69) is 31.2 Å². The van der Waals surface area contributed by atoms with Gasteiger partial charge in [-0.25, -0.2) is 14.4 Å². The van der Waals surface area contributed by atoms with Crippen LogP contribution in [0.2, 0.25) is 0 Å². The van der Waals surface area contributed by atoms with Gasteiger partial charge in [-0.2, -0.15) is 0 Å². The Kier molecular flexibility index (Phi) is 6.85. The second-order valence-corrected chi connectivity index (χ2v) is 8.97. The fourth-order valence-corrected chi connectivity index (χ4v) is 4.74. The highest BCUT2D eigenvalue weighted by Crippen LogP contribution is 2.33. The SMILES string of the molecule is CCC1CN(C(=O)C(C)(C)c2ccccc2Br)CCC1NC(=O)c1ncc(F)cn1. The van der Waals surface area contributed by atoms with Crippen LogP contribution in [0.5, 0.6) is 0 Å². The molecule has 2 aromatic rings. The van der Waals surface area contributed by atoms with Crippen molar-refractivity contribution in [2.75, 3.05) is 13.1 Å². The predicted molar refractivity (Wildman–Crippen MR) is 115 cm³/mol. The topological polar surface area (TPSA) is 75.2 Å². The molecule has 2 heterocycles. The molecule has 1 aromatic heterocycles. The van der Waals surface area contributed by atoms with Crippen LogP contribution in [-0.2, 0) is 10.2 Å². The molecule has 0 saturated carbocycles. The van der Waals surface area contributed by atoms with Crippen molar-refractivity contribution in [1.29, 1.82) is 0 Å². The van der Waals surface area contributed by atoms with E-state index < -0.39 is 17.1 Å². The minimum Gasteiger partial charge on any atom is -0.346 e. The maximum Gasteiger partial charge on any atom is 0.289 e. The molecule has 1 aromatic carbocycles. The van der Waals surface area contributed by atoms with Gasteiger partial charge in [-0.3, -0.25) is 9.59 Å². The molecule has 0 aliphatic carbocycles. The summed E-state index contributed by atoms with van der Waals surface area (Å²) in [6.45, 7) is 7.05. The molecule has 0 bridgehead atoms. The number of hydrogen-bond donors (Lipinski definition) is 1. The molecule has 2 unspecified atom stereocenters. The fourth-order valence-electron chi connectivity index (χ4n) is 3.96. The molecule has 1 saturated heterocycles. The lowest BCUT2D eigenvalue weighted by atomic mass is 9.81. The molecular weight excluding hydrogens is 451 g/mol. The second kappa shape index (κ2) is 9.20. The third kappa shape index (κ3) is 4.69. The van der Waals surface area contributed by atoms with Crippen molar-refractivity contribution in [2.45, 2.75) is 45.1 Å². The molecule has 30 heavy (non-hydrogen) atoms. The number of halogens is 2. The normalized spacial score (nSPS) is 19.4. The van der Waals surface area contributed by atoms with Crippen LogP contribution in [0.15, 0.2) is 41.1 Å². The molecule has 160 valence electrons. The zero-order valence-electron chi connectivity index (χ0n) is 17.4. The van der Waals surface area contributed by atoms with Crippen LogP contribution in [0.3, 0.4) is 0 Å². The lowest BCUT2D eigenvalue weighted by Gasteiger charge is -2.41. The van der Waals surface area contributed by atoms with Gasteiger partial charge in [-0.05, 0) is 44.2 Å². The van der Waals surface area contributed by atoms with Gasteiger partial charge in [-0.15, -0.1) is 0 Å². The minimum absolute atomic E-state index is 0.0557. The van der Waals surface area contributed by atoms with E-state index in [9.17, 15) is 14.0 Å². The first-order valence-corrected chi connectivity index (χ1v) is 10.9. The molecule has 6 nitrogen and oxygen atoms in total. The number of amides is 2. The minimum atomic E-state index is -0.670. The Hall–Kier alpha value is -2.35. The van der Waals surface area contributed by atoms with E-state index in [-0.39, 0.29) is 23.7 Å². The Morgan fingerprint density at radius 3 is 2.57 bits per heavy atom. The first-order valence-electron chi connectivity index (χ1n) is 10.1. The van der Waals surface area contributed by atoms with Crippen LogP contribution in [0, 0.1) is 11.7 Å². The maximum absolute atomic E-state index is 13.4. The van der Waals surface area contributed by atoms with E-state index in [4.69, 9.17) is 0 Å². The average molecular weight is 477 g/mol. The van der Waals surface area contributed by atoms with Gasteiger partial charge in [0.25, 0.3) is 5.91 Å². The van der Waals surface area contributed by atoms with Crippen LogP contribution in [0.4, 0.5) is 4.39 Å². The number of likely N-dealkylation sites (tertiary alicyclic amines) is 1. The summed E-state index contributed by atoms with van der Waals surface area (Å²) in [7, 11) is 0. The quantitative estimate of drug-likeness (QED) is 0.713. The molecular formula is C22H26BrFN4O2. The average Bonchev–Trinajstić information content (AvgIpc) is 2.74. The first-order chi connectivity index (χ1) is 14.2. The van der Waals surface area contributed by atoms with Gasteiger partial charge in [-0.1, -0.05) is 41.1 Å². The smallest absolute Gasteiger partial charge is 0.289 e. The Labute approximate surface area is 184 Å². The Morgan fingerprint density at radius 1 is 1.27 bits per heavy atom. The fraction of sp³-hybridized carbons (Fsp3) is 0.455. The molecule has 1 aliphatic heterocycles. The van der Waals surface area contributed by atoms with E-state index in [0.29, 0.717) is 19.5 Å². The lowest BCUT2D eigenvalue weighted by molar-refractivity contribution is -0.138.